The molecule has 214 valence electrons. The number of aromatic amines is 1. The summed E-state index contributed by atoms with van der Waals surface area (Å²) in [5, 5.41) is 9.24. The van der Waals surface area contributed by atoms with Crippen LogP contribution in [0.15, 0.2) is 70.8 Å². The highest BCUT2D eigenvalue weighted by Gasteiger charge is 2.27. The minimum atomic E-state index is -4.10. The predicted molar refractivity (Wildman–Crippen MR) is 160 cm³/mol. The molecule has 9 nitrogen and oxygen atoms in total. The standard InChI is InChI=1S/C32H30N4O5S/c1-18-5-7-25(21-13-22-17-36(3)10-9-24(22)27(14-21)41-4)28(11-18)42(39,40)29-16-34-31-30(35-29)26(15-33-31)20-6-8-23(32(37)38)19(2)12-20/h5-8,11-16H,9-10,17H2,1-4H3,(H,33,34)(H,37,38). The third-order valence-corrected chi connectivity index (χ3v) is 9.51. The molecule has 0 radical (unpaired) electrons. The van der Waals surface area contributed by atoms with Crippen LogP contribution in [0.25, 0.3) is 33.4 Å². The van der Waals surface area contributed by atoms with Crippen molar-refractivity contribution in [2.75, 3.05) is 20.7 Å². The summed E-state index contributed by atoms with van der Waals surface area (Å²) in [7, 11) is -0.398. The minimum Gasteiger partial charge on any atom is -0.496 e. The lowest BCUT2D eigenvalue weighted by Crippen LogP contribution is -2.26. The Morgan fingerprint density at radius 3 is 2.60 bits per heavy atom. The molecule has 5 aromatic rings. The van der Waals surface area contributed by atoms with Gasteiger partial charge in [0.05, 0.1) is 23.8 Å². The maximum absolute atomic E-state index is 14.2. The molecule has 0 bridgehead atoms. The first-order chi connectivity index (χ1) is 20.1. The van der Waals surface area contributed by atoms with Gasteiger partial charge in [-0.2, -0.15) is 0 Å². The second-order valence-electron chi connectivity index (χ2n) is 10.7. The van der Waals surface area contributed by atoms with E-state index in [1.165, 1.54) is 12.3 Å². The van der Waals surface area contributed by atoms with Gasteiger partial charge in [0, 0.05) is 30.4 Å². The molecule has 0 amide bonds. The number of sulfone groups is 1. The van der Waals surface area contributed by atoms with Crippen LogP contribution in [0.4, 0.5) is 0 Å². The Labute approximate surface area is 243 Å². The van der Waals surface area contributed by atoms with Gasteiger partial charge in [-0.3, -0.25) is 0 Å². The quantitative estimate of drug-likeness (QED) is 0.271. The normalized spacial score (nSPS) is 13.7. The zero-order chi connectivity index (χ0) is 29.8. The van der Waals surface area contributed by atoms with Crippen LogP contribution in [-0.2, 0) is 22.8 Å². The molecule has 0 unspecified atom stereocenters. The Bertz CT molecular complexity index is 2000. The number of hydrogen-bond acceptors (Lipinski definition) is 7. The molecule has 2 aromatic heterocycles. The van der Waals surface area contributed by atoms with E-state index in [9.17, 15) is 18.3 Å². The number of likely N-dealkylation sites (N-methyl/N-ethyl adjacent to an activating group) is 1. The molecule has 1 aliphatic rings. The van der Waals surface area contributed by atoms with Crippen LogP contribution in [0.2, 0.25) is 0 Å². The van der Waals surface area contributed by atoms with E-state index in [1.807, 2.05) is 25.1 Å². The van der Waals surface area contributed by atoms with Crippen molar-refractivity contribution in [3.05, 3.63) is 88.7 Å². The van der Waals surface area contributed by atoms with Crippen molar-refractivity contribution < 1.29 is 23.1 Å². The maximum atomic E-state index is 14.2. The first-order valence-electron chi connectivity index (χ1n) is 13.5. The highest BCUT2D eigenvalue weighted by atomic mass is 32.2. The lowest BCUT2D eigenvalue weighted by Gasteiger charge is -2.27. The van der Waals surface area contributed by atoms with Crippen LogP contribution in [0.1, 0.15) is 32.6 Å². The molecule has 0 saturated heterocycles. The number of carbonyl (C=O) groups is 1. The van der Waals surface area contributed by atoms with Gasteiger partial charge in [0.15, 0.2) is 10.7 Å². The third kappa shape index (κ3) is 4.72. The van der Waals surface area contributed by atoms with Crippen molar-refractivity contribution in [3.63, 3.8) is 0 Å². The van der Waals surface area contributed by atoms with E-state index in [2.05, 4.69) is 33.0 Å². The molecule has 1 aliphatic heterocycles. The van der Waals surface area contributed by atoms with Crippen LogP contribution in [0.3, 0.4) is 0 Å². The van der Waals surface area contributed by atoms with Crippen LogP contribution in [-0.4, -0.2) is 60.0 Å². The molecule has 0 fully saturated rings. The Morgan fingerprint density at radius 1 is 1.05 bits per heavy atom. The fourth-order valence-corrected chi connectivity index (χ4v) is 7.08. The molecule has 3 heterocycles. The number of aryl methyl sites for hydroxylation is 2. The van der Waals surface area contributed by atoms with Crippen LogP contribution < -0.4 is 4.74 Å². The number of benzene rings is 3. The maximum Gasteiger partial charge on any atom is 0.335 e. The lowest BCUT2D eigenvalue weighted by molar-refractivity contribution is 0.0696. The second-order valence-corrected chi connectivity index (χ2v) is 12.6. The molecule has 0 atom stereocenters. The first kappa shape index (κ1) is 27.6. The van der Waals surface area contributed by atoms with Gasteiger partial charge in [-0.05, 0) is 85.0 Å². The fourth-order valence-electron chi connectivity index (χ4n) is 5.64. The third-order valence-electron chi connectivity index (χ3n) is 7.84. The number of nitrogens with one attached hydrogen (secondary N) is 1. The van der Waals surface area contributed by atoms with Crippen LogP contribution in [0.5, 0.6) is 5.75 Å². The van der Waals surface area contributed by atoms with Crippen molar-refractivity contribution >= 4 is 27.0 Å². The van der Waals surface area contributed by atoms with Gasteiger partial charge in [0.1, 0.15) is 11.3 Å². The fraction of sp³-hybridized carbons (Fsp3) is 0.219. The second kappa shape index (κ2) is 10.4. The van der Waals surface area contributed by atoms with Gasteiger partial charge in [-0.15, -0.1) is 0 Å². The molecule has 0 aliphatic carbocycles. The number of carboxylic acid groups (broad SMARTS) is 1. The van der Waals surface area contributed by atoms with E-state index in [0.29, 0.717) is 33.4 Å². The number of H-pyrrole nitrogens is 1. The molecule has 0 saturated carbocycles. The van der Waals surface area contributed by atoms with E-state index in [4.69, 9.17) is 4.74 Å². The molecule has 6 rings (SSSR count). The van der Waals surface area contributed by atoms with E-state index in [-0.39, 0.29) is 15.5 Å². The monoisotopic (exact) mass is 582 g/mol. The number of nitrogens with zero attached hydrogens (tertiary/aromatic N) is 3. The Kier molecular flexibility index (Phi) is 6.83. The van der Waals surface area contributed by atoms with Crippen LogP contribution in [0, 0.1) is 13.8 Å². The van der Waals surface area contributed by atoms with Gasteiger partial charge < -0.3 is 19.7 Å². The number of aromatic nitrogens is 3. The minimum absolute atomic E-state index is 0.140. The molecule has 10 heteroatoms. The molecule has 2 N–H and O–H groups in total. The SMILES string of the molecule is COc1cc(-c2ccc(C)cc2S(=O)(=O)c2cnc3[nH]cc(-c4ccc(C(=O)O)c(C)c4)c3n2)cc2c1CCN(C)C2. The summed E-state index contributed by atoms with van der Waals surface area (Å²) in [6.07, 6.45) is 3.83. The highest BCUT2D eigenvalue weighted by Crippen LogP contribution is 2.38. The average molecular weight is 583 g/mol. The van der Waals surface area contributed by atoms with Crippen molar-refractivity contribution in [1.29, 1.82) is 0 Å². The summed E-state index contributed by atoms with van der Waals surface area (Å²) < 4.78 is 34.2. The topological polar surface area (TPSA) is 125 Å². The highest BCUT2D eigenvalue weighted by molar-refractivity contribution is 7.91. The Balaban J connectivity index is 1.48. The van der Waals surface area contributed by atoms with Gasteiger partial charge in [-0.25, -0.2) is 23.2 Å². The summed E-state index contributed by atoms with van der Waals surface area (Å²) in [5.41, 5.74) is 7.31. The Morgan fingerprint density at radius 2 is 1.86 bits per heavy atom. The largest absolute Gasteiger partial charge is 0.496 e. The van der Waals surface area contributed by atoms with Crippen molar-refractivity contribution in [1.82, 2.24) is 19.9 Å². The lowest BCUT2D eigenvalue weighted by atomic mass is 9.93. The smallest absolute Gasteiger partial charge is 0.335 e. The molecule has 3 aromatic carbocycles. The van der Waals surface area contributed by atoms with Gasteiger partial charge >= 0.3 is 5.97 Å². The summed E-state index contributed by atoms with van der Waals surface area (Å²) in [6, 6.07) is 14.3. The van der Waals surface area contributed by atoms with Gasteiger partial charge in [0.2, 0.25) is 9.84 Å². The zero-order valence-corrected chi connectivity index (χ0v) is 24.5. The summed E-state index contributed by atoms with van der Waals surface area (Å²) in [4.78, 5) is 25.9. The van der Waals surface area contributed by atoms with Crippen molar-refractivity contribution in [2.45, 2.75) is 36.7 Å². The van der Waals surface area contributed by atoms with Gasteiger partial charge in [-0.1, -0.05) is 24.3 Å². The van der Waals surface area contributed by atoms with Crippen LogP contribution >= 0.6 is 0 Å². The predicted octanol–water partition coefficient (Wildman–Crippen LogP) is 5.44. The number of fused-ring (bicyclic) bond motifs is 2. The van der Waals surface area contributed by atoms with E-state index < -0.39 is 15.8 Å². The summed E-state index contributed by atoms with van der Waals surface area (Å²) in [6.45, 7) is 5.25. The van der Waals surface area contributed by atoms with Crippen molar-refractivity contribution in [3.8, 4) is 28.0 Å². The number of methoxy groups -OCH3 is 1. The molecular weight excluding hydrogens is 552 g/mol. The van der Waals surface area contributed by atoms with Gasteiger partial charge in [0.25, 0.3) is 0 Å². The molecule has 42 heavy (non-hydrogen) atoms. The Hall–Kier alpha value is -4.54. The number of hydrogen-bond donors (Lipinski definition) is 2. The number of carboxylic acids is 1. The van der Waals surface area contributed by atoms with E-state index in [0.717, 1.165) is 47.5 Å². The van der Waals surface area contributed by atoms with Crippen molar-refractivity contribution in [2.24, 2.45) is 0 Å². The number of rotatable bonds is 6. The zero-order valence-electron chi connectivity index (χ0n) is 23.7. The first-order valence-corrected chi connectivity index (χ1v) is 15.0. The average Bonchev–Trinajstić information content (AvgIpc) is 3.39. The molecular formula is C32H30N4O5S. The summed E-state index contributed by atoms with van der Waals surface area (Å²) >= 11 is 0. The number of aromatic carboxylic acids is 1. The summed E-state index contributed by atoms with van der Waals surface area (Å²) in [5.74, 6) is -0.259. The number of ether oxygens (including phenoxy) is 1. The van der Waals surface area contributed by atoms with E-state index >= 15 is 0 Å². The molecule has 0 spiro atoms. The van der Waals surface area contributed by atoms with E-state index in [1.54, 1.807) is 38.4 Å².